The van der Waals surface area contributed by atoms with Crippen molar-refractivity contribution in [3.63, 3.8) is 0 Å². The molecule has 1 aliphatic rings. The summed E-state index contributed by atoms with van der Waals surface area (Å²) in [5.74, 6) is 1.65. The minimum atomic E-state index is 0. The van der Waals surface area contributed by atoms with Gasteiger partial charge in [0, 0.05) is 25.7 Å². The Morgan fingerprint density at radius 1 is 1.32 bits per heavy atom. The second kappa shape index (κ2) is 9.17. The molecule has 0 aliphatic heterocycles. The molecule has 0 atom stereocenters. The van der Waals surface area contributed by atoms with E-state index >= 15 is 0 Å². The molecule has 6 nitrogen and oxygen atoms in total. The van der Waals surface area contributed by atoms with Gasteiger partial charge in [0.25, 0.3) is 0 Å². The van der Waals surface area contributed by atoms with Crippen molar-refractivity contribution in [2.24, 2.45) is 10.4 Å². The summed E-state index contributed by atoms with van der Waals surface area (Å²) in [5.41, 5.74) is 2.69. The Balaban J connectivity index is 0.00000225. The lowest BCUT2D eigenvalue weighted by Gasteiger charge is -2.41. The molecule has 25 heavy (non-hydrogen) atoms. The topological polar surface area (TPSA) is 78.0 Å². The molecule has 0 bridgehead atoms. The fourth-order valence-electron chi connectivity index (χ4n) is 3.18. The van der Waals surface area contributed by atoms with Crippen molar-refractivity contribution >= 4 is 29.9 Å². The Labute approximate surface area is 166 Å². The fourth-order valence-corrected chi connectivity index (χ4v) is 3.18. The van der Waals surface area contributed by atoms with E-state index in [4.69, 9.17) is 0 Å². The van der Waals surface area contributed by atoms with Crippen molar-refractivity contribution < 1.29 is 0 Å². The summed E-state index contributed by atoms with van der Waals surface area (Å²) in [6.45, 7) is 4.01. The summed E-state index contributed by atoms with van der Waals surface area (Å²) in [7, 11) is 1.82. The molecule has 3 N–H and O–H groups in total. The van der Waals surface area contributed by atoms with E-state index < -0.39 is 0 Å². The van der Waals surface area contributed by atoms with Crippen molar-refractivity contribution in [1.29, 1.82) is 0 Å². The largest absolute Gasteiger partial charge is 0.356 e. The zero-order valence-corrected chi connectivity index (χ0v) is 17.2. The van der Waals surface area contributed by atoms with Crippen LogP contribution in [0.3, 0.4) is 0 Å². The van der Waals surface area contributed by atoms with Crippen molar-refractivity contribution in [3.05, 3.63) is 36.2 Å². The van der Waals surface area contributed by atoms with Gasteiger partial charge in [-0.2, -0.15) is 5.10 Å². The summed E-state index contributed by atoms with van der Waals surface area (Å²) in [4.78, 5) is 8.53. The van der Waals surface area contributed by atoms with Gasteiger partial charge in [-0.3, -0.25) is 10.1 Å². The highest BCUT2D eigenvalue weighted by Crippen LogP contribution is 2.42. The molecular formula is C18H27IN6. The molecule has 0 spiro atoms. The zero-order chi connectivity index (χ0) is 16.8. The van der Waals surface area contributed by atoms with Gasteiger partial charge < -0.3 is 10.6 Å². The van der Waals surface area contributed by atoms with E-state index in [1.807, 2.05) is 19.2 Å². The Bertz CT molecular complexity index is 673. The van der Waals surface area contributed by atoms with Gasteiger partial charge in [-0.25, -0.2) is 4.98 Å². The molecule has 3 rings (SSSR count). The van der Waals surface area contributed by atoms with Crippen LogP contribution in [-0.2, 0) is 6.54 Å². The van der Waals surface area contributed by atoms with Gasteiger partial charge >= 0.3 is 0 Å². The number of hydrogen-bond acceptors (Lipinski definition) is 3. The quantitative estimate of drug-likeness (QED) is 0.356. The van der Waals surface area contributed by atoms with Crippen LogP contribution in [0.4, 0.5) is 0 Å². The molecule has 1 aromatic carbocycles. The minimum Gasteiger partial charge on any atom is -0.356 e. The SMILES string of the molecule is CCC1(CNC(=NC)NCc2cccc(-c3ncn[nH]3)c2)CCC1.I. The average molecular weight is 454 g/mol. The Kier molecular flexibility index (Phi) is 7.22. The lowest BCUT2D eigenvalue weighted by molar-refractivity contribution is 0.131. The van der Waals surface area contributed by atoms with Gasteiger partial charge in [0.05, 0.1) is 0 Å². The first-order valence-electron chi connectivity index (χ1n) is 8.64. The Morgan fingerprint density at radius 3 is 2.76 bits per heavy atom. The zero-order valence-electron chi connectivity index (χ0n) is 14.9. The molecule has 0 amide bonds. The van der Waals surface area contributed by atoms with Crippen LogP contribution in [0.25, 0.3) is 11.4 Å². The van der Waals surface area contributed by atoms with Crippen LogP contribution < -0.4 is 10.6 Å². The van der Waals surface area contributed by atoms with E-state index in [0.717, 1.165) is 30.4 Å². The average Bonchev–Trinajstić information content (AvgIpc) is 3.12. The third kappa shape index (κ3) is 4.93. The van der Waals surface area contributed by atoms with Crippen LogP contribution in [0.15, 0.2) is 35.6 Å². The number of rotatable bonds is 6. The van der Waals surface area contributed by atoms with Gasteiger partial charge in [-0.05, 0) is 36.3 Å². The fraction of sp³-hybridized carbons (Fsp3) is 0.500. The second-order valence-corrected chi connectivity index (χ2v) is 6.52. The third-order valence-electron chi connectivity index (χ3n) is 5.09. The van der Waals surface area contributed by atoms with Gasteiger partial charge in [-0.15, -0.1) is 24.0 Å². The van der Waals surface area contributed by atoms with E-state index in [1.54, 1.807) is 0 Å². The van der Waals surface area contributed by atoms with E-state index in [0.29, 0.717) is 5.41 Å². The van der Waals surface area contributed by atoms with Gasteiger partial charge in [-0.1, -0.05) is 31.5 Å². The third-order valence-corrected chi connectivity index (χ3v) is 5.09. The summed E-state index contributed by atoms with van der Waals surface area (Å²) in [5, 5.41) is 13.7. The maximum Gasteiger partial charge on any atom is 0.191 e. The van der Waals surface area contributed by atoms with E-state index in [2.05, 4.69) is 49.9 Å². The van der Waals surface area contributed by atoms with Crippen molar-refractivity contribution in [3.8, 4) is 11.4 Å². The lowest BCUT2D eigenvalue weighted by atomic mass is 9.67. The molecule has 2 aromatic rings. The highest BCUT2D eigenvalue weighted by Gasteiger charge is 2.34. The number of halogens is 1. The Hall–Kier alpha value is -1.64. The van der Waals surface area contributed by atoms with Gasteiger partial charge in [0.15, 0.2) is 11.8 Å². The standard InChI is InChI=1S/C18H26N6.HI/c1-3-18(8-5-9-18)12-21-17(19-2)20-11-14-6-4-7-15(10-14)16-22-13-23-24-16;/h4,6-7,10,13H,3,5,8-9,11-12H2,1-2H3,(H2,19,20,21)(H,22,23,24);1H. The molecule has 1 fully saturated rings. The summed E-state index contributed by atoms with van der Waals surface area (Å²) in [6.07, 6.45) is 6.77. The van der Waals surface area contributed by atoms with Crippen LogP contribution >= 0.6 is 24.0 Å². The molecule has 0 saturated heterocycles. The normalized spacial score (nSPS) is 15.8. The highest BCUT2D eigenvalue weighted by molar-refractivity contribution is 14.0. The van der Waals surface area contributed by atoms with E-state index in [1.165, 1.54) is 37.6 Å². The smallest absolute Gasteiger partial charge is 0.191 e. The summed E-state index contributed by atoms with van der Waals surface area (Å²) < 4.78 is 0. The number of hydrogen-bond donors (Lipinski definition) is 3. The minimum absolute atomic E-state index is 0. The van der Waals surface area contributed by atoms with E-state index in [-0.39, 0.29) is 24.0 Å². The summed E-state index contributed by atoms with van der Waals surface area (Å²) >= 11 is 0. The molecule has 0 unspecified atom stereocenters. The van der Waals surface area contributed by atoms with Crippen molar-refractivity contribution in [1.82, 2.24) is 25.8 Å². The van der Waals surface area contributed by atoms with Crippen LogP contribution in [-0.4, -0.2) is 34.7 Å². The molecule has 7 heteroatoms. The molecule has 1 aromatic heterocycles. The number of benzene rings is 1. The van der Waals surface area contributed by atoms with E-state index in [9.17, 15) is 0 Å². The number of H-pyrrole nitrogens is 1. The number of aliphatic imine (C=N–C) groups is 1. The maximum absolute atomic E-state index is 4.34. The predicted molar refractivity (Wildman–Crippen MR) is 112 cm³/mol. The van der Waals surface area contributed by atoms with Crippen LogP contribution in [0, 0.1) is 5.41 Å². The monoisotopic (exact) mass is 454 g/mol. The first-order valence-corrected chi connectivity index (χ1v) is 8.64. The van der Waals surface area contributed by atoms with Crippen LogP contribution in [0.1, 0.15) is 38.2 Å². The van der Waals surface area contributed by atoms with Crippen LogP contribution in [0.2, 0.25) is 0 Å². The second-order valence-electron chi connectivity index (χ2n) is 6.52. The van der Waals surface area contributed by atoms with Crippen LogP contribution in [0.5, 0.6) is 0 Å². The van der Waals surface area contributed by atoms with Gasteiger partial charge in [0.1, 0.15) is 6.33 Å². The molecule has 136 valence electrons. The lowest BCUT2D eigenvalue weighted by Crippen LogP contribution is -2.46. The Morgan fingerprint density at radius 2 is 2.16 bits per heavy atom. The van der Waals surface area contributed by atoms with Crippen molar-refractivity contribution in [2.75, 3.05) is 13.6 Å². The number of guanidine groups is 1. The predicted octanol–water partition coefficient (Wildman–Crippen LogP) is 3.34. The van der Waals surface area contributed by atoms with Crippen molar-refractivity contribution in [2.45, 2.75) is 39.2 Å². The molecule has 1 heterocycles. The molecule has 1 aliphatic carbocycles. The number of nitrogens with zero attached hydrogens (tertiary/aromatic N) is 3. The highest BCUT2D eigenvalue weighted by atomic mass is 127. The number of nitrogens with one attached hydrogen (secondary N) is 3. The molecule has 0 radical (unpaired) electrons. The van der Waals surface area contributed by atoms with Gasteiger partial charge in [0.2, 0.25) is 0 Å². The summed E-state index contributed by atoms with van der Waals surface area (Å²) in [6, 6.07) is 8.27. The first kappa shape index (κ1) is 19.7. The molecule has 1 saturated carbocycles. The molecular weight excluding hydrogens is 427 g/mol. The first-order chi connectivity index (χ1) is 11.7. The number of aromatic nitrogens is 3. The maximum atomic E-state index is 4.34. The number of aromatic amines is 1.